The quantitative estimate of drug-likeness (QED) is 0.158. The highest BCUT2D eigenvalue weighted by molar-refractivity contribution is 8.03. The number of benzene rings is 2. The second-order valence-corrected chi connectivity index (χ2v) is 12.2. The first-order valence-corrected chi connectivity index (χ1v) is 16.3. The molecule has 0 atom stereocenters. The number of carbonyl (C=O) groups is 1. The van der Waals surface area contributed by atoms with Gasteiger partial charge in [-0.1, -0.05) is 95.8 Å². The lowest BCUT2D eigenvalue weighted by Gasteiger charge is -2.22. The predicted molar refractivity (Wildman–Crippen MR) is 168 cm³/mol. The summed E-state index contributed by atoms with van der Waals surface area (Å²) in [6.07, 6.45) is 17.6. The molecule has 220 valence electrons. The first kappa shape index (κ1) is 32.0. The zero-order valence-corrected chi connectivity index (χ0v) is 25.7. The zero-order chi connectivity index (χ0) is 28.6. The van der Waals surface area contributed by atoms with Crippen molar-refractivity contribution >= 4 is 23.4 Å². The number of anilines is 1. The highest BCUT2D eigenvalue weighted by Crippen LogP contribution is 2.27. The van der Waals surface area contributed by atoms with Gasteiger partial charge in [-0.3, -0.25) is 4.79 Å². The van der Waals surface area contributed by atoms with Crippen molar-refractivity contribution < 1.29 is 13.9 Å². The minimum absolute atomic E-state index is 0.0741. The second-order valence-electron chi connectivity index (χ2n) is 11.0. The van der Waals surface area contributed by atoms with Crippen LogP contribution >= 0.6 is 11.8 Å². The first-order chi connectivity index (χ1) is 19.5. The van der Waals surface area contributed by atoms with Crippen molar-refractivity contribution in [3.8, 4) is 5.75 Å². The fourth-order valence-electron chi connectivity index (χ4n) is 5.08. The normalized spacial score (nSPS) is 13.0. The molecule has 2 aromatic carbocycles. The fraction of sp³-hybridized carbons (Fsp3) is 0.559. The highest BCUT2D eigenvalue weighted by atomic mass is 32.2. The zero-order valence-electron chi connectivity index (χ0n) is 24.9. The third-order valence-corrected chi connectivity index (χ3v) is 8.45. The highest BCUT2D eigenvalue weighted by Gasteiger charge is 2.15. The molecule has 1 amide bonds. The smallest absolute Gasteiger partial charge is 0.224 e. The van der Waals surface area contributed by atoms with Gasteiger partial charge in [-0.15, -0.1) is 11.8 Å². The Balaban J connectivity index is 1.36. The van der Waals surface area contributed by atoms with Gasteiger partial charge in [0.15, 0.2) is 11.6 Å². The molecular formula is C34H49FN2O2S. The van der Waals surface area contributed by atoms with Crippen LogP contribution in [0.1, 0.15) is 109 Å². The van der Waals surface area contributed by atoms with Gasteiger partial charge in [0.2, 0.25) is 5.91 Å². The summed E-state index contributed by atoms with van der Waals surface area (Å²) in [5.74, 6) is 0.810. The van der Waals surface area contributed by atoms with E-state index in [2.05, 4.69) is 37.1 Å². The molecule has 6 heteroatoms. The molecule has 40 heavy (non-hydrogen) atoms. The molecule has 0 unspecified atom stereocenters. The van der Waals surface area contributed by atoms with Crippen LogP contribution < -0.4 is 9.64 Å². The summed E-state index contributed by atoms with van der Waals surface area (Å²) < 4.78 is 20.5. The van der Waals surface area contributed by atoms with Crippen LogP contribution in [0.2, 0.25) is 0 Å². The van der Waals surface area contributed by atoms with E-state index in [0.29, 0.717) is 13.2 Å². The molecule has 0 bridgehead atoms. The number of hydrogen-bond donors (Lipinski definition) is 0. The van der Waals surface area contributed by atoms with Crippen LogP contribution in [0.5, 0.6) is 5.75 Å². The first-order valence-electron chi connectivity index (χ1n) is 15.3. The summed E-state index contributed by atoms with van der Waals surface area (Å²) in [5, 5.41) is 0. The number of rotatable bonds is 19. The lowest BCUT2D eigenvalue weighted by molar-refractivity contribution is -0.116. The minimum Gasteiger partial charge on any atom is -0.491 e. The van der Waals surface area contributed by atoms with E-state index in [1.807, 2.05) is 30.0 Å². The molecule has 0 radical (unpaired) electrons. The monoisotopic (exact) mass is 568 g/mol. The summed E-state index contributed by atoms with van der Waals surface area (Å²) in [4.78, 5) is 17.7. The van der Waals surface area contributed by atoms with E-state index in [9.17, 15) is 9.18 Å². The molecule has 0 saturated carbocycles. The minimum atomic E-state index is -0.373. The van der Waals surface area contributed by atoms with E-state index in [0.717, 1.165) is 36.5 Å². The summed E-state index contributed by atoms with van der Waals surface area (Å²) in [7, 11) is 0. The number of hydrogen-bond acceptors (Lipinski definition) is 4. The van der Waals surface area contributed by atoms with Gasteiger partial charge in [-0.2, -0.15) is 0 Å². The van der Waals surface area contributed by atoms with Crippen molar-refractivity contribution in [2.45, 2.75) is 111 Å². The van der Waals surface area contributed by atoms with Gasteiger partial charge in [-0.05, 0) is 53.6 Å². The molecule has 1 heterocycles. The number of ether oxygens (including phenoxy) is 1. The molecule has 3 rings (SSSR count). The molecule has 0 N–H and O–H groups in total. The number of carbonyl (C=O) groups excluding carboxylic acids is 1. The standard InChI is InChI=1S/C34H49FN2O2S/c1-4-5-6-7-8-9-10-11-12-13-14-15-22-39-34-21-18-31(23-33(34)35)26-37(29(3)38)32-19-16-30(17-20-32)25-36-24-28(2)40-27-36/h16-21,23-24H,4-15,22,25-27H2,1-3H3. The third kappa shape index (κ3) is 11.6. The maximum Gasteiger partial charge on any atom is 0.224 e. The summed E-state index contributed by atoms with van der Waals surface area (Å²) in [6.45, 7) is 7.63. The largest absolute Gasteiger partial charge is 0.491 e. The molecule has 2 aromatic rings. The van der Waals surface area contributed by atoms with Crippen LogP contribution in [0.3, 0.4) is 0 Å². The van der Waals surface area contributed by atoms with Gasteiger partial charge >= 0.3 is 0 Å². The van der Waals surface area contributed by atoms with E-state index in [4.69, 9.17) is 4.74 Å². The van der Waals surface area contributed by atoms with Crippen LogP contribution in [-0.4, -0.2) is 23.3 Å². The Morgan fingerprint density at radius 2 is 1.50 bits per heavy atom. The van der Waals surface area contributed by atoms with E-state index in [1.165, 1.54) is 80.7 Å². The molecule has 4 nitrogen and oxygen atoms in total. The molecule has 1 aliphatic rings. The summed E-state index contributed by atoms with van der Waals surface area (Å²) >= 11 is 1.85. The van der Waals surface area contributed by atoms with Crippen LogP contribution in [0.25, 0.3) is 0 Å². The number of unbranched alkanes of at least 4 members (excludes halogenated alkanes) is 11. The van der Waals surface area contributed by atoms with Crippen LogP contribution in [0, 0.1) is 5.82 Å². The van der Waals surface area contributed by atoms with Crippen molar-refractivity contribution in [2.75, 3.05) is 17.4 Å². The Hall–Kier alpha value is -2.47. The Bertz CT molecular complexity index is 1060. The SMILES string of the molecule is CCCCCCCCCCCCCCOc1ccc(CN(C(C)=O)c2ccc(CN3C=C(C)SC3)cc2)cc1F. The maximum absolute atomic E-state index is 14.8. The lowest BCUT2D eigenvalue weighted by Crippen LogP contribution is -2.27. The van der Waals surface area contributed by atoms with Gasteiger partial charge in [0, 0.05) is 25.4 Å². The predicted octanol–water partition coefficient (Wildman–Crippen LogP) is 9.83. The average Bonchev–Trinajstić information content (AvgIpc) is 3.35. The molecule has 1 aliphatic heterocycles. The van der Waals surface area contributed by atoms with Crippen LogP contribution in [0.15, 0.2) is 53.6 Å². The lowest BCUT2D eigenvalue weighted by atomic mass is 10.1. The number of amides is 1. The maximum atomic E-state index is 14.8. The van der Waals surface area contributed by atoms with Crippen molar-refractivity contribution in [1.29, 1.82) is 0 Å². The topological polar surface area (TPSA) is 32.8 Å². The van der Waals surface area contributed by atoms with Crippen LogP contribution in [0.4, 0.5) is 10.1 Å². The van der Waals surface area contributed by atoms with Crippen molar-refractivity contribution in [3.63, 3.8) is 0 Å². The van der Waals surface area contributed by atoms with Crippen molar-refractivity contribution in [2.24, 2.45) is 0 Å². The van der Waals surface area contributed by atoms with Crippen LogP contribution in [-0.2, 0) is 17.9 Å². The number of nitrogens with zero attached hydrogens (tertiary/aromatic N) is 2. The van der Waals surface area contributed by atoms with E-state index < -0.39 is 0 Å². The Morgan fingerprint density at radius 1 is 0.900 bits per heavy atom. The summed E-state index contributed by atoms with van der Waals surface area (Å²) in [5.41, 5.74) is 2.75. The van der Waals surface area contributed by atoms with Gasteiger partial charge in [0.1, 0.15) is 0 Å². The number of thioether (sulfide) groups is 1. The molecule has 0 spiro atoms. The van der Waals surface area contributed by atoms with Crippen molar-refractivity contribution in [3.05, 3.63) is 70.5 Å². The van der Waals surface area contributed by atoms with E-state index in [-0.39, 0.29) is 17.5 Å². The van der Waals surface area contributed by atoms with E-state index in [1.54, 1.807) is 17.9 Å². The van der Waals surface area contributed by atoms with Gasteiger partial charge in [0.25, 0.3) is 0 Å². The molecule has 0 aliphatic carbocycles. The van der Waals surface area contributed by atoms with Crippen molar-refractivity contribution in [1.82, 2.24) is 4.90 Å². The average molecular weight is 569 g/mol. The molecule has 0 aromatic heterocycles. The Kier molecular flexibility index (Phi) is 14.5. The number of allylic oxidation sites excluding steroid dienone is 1. The molecular weight excluding hydrogens is 519 g/mol. The van der Waals surface area contributed by atoms with Gasteiger partial charge in [0.05, 0.1) is 19.0 Å². The Morgan fingerprint density at radius 3 is 2.05 bits per heavy atom. The molecule has 0 saturated heterocycles. The second kappa shape index (κ2) is 18.1. The fourth-order valence-corrected chi connectivity index (χ4v) is 5.83. The Labute approximate surface area is 246 Å². The van der Waals surface area contributed by atoms with E-state index >= 15 is 0 Å². The van der Waals surface area contributed by atoms with Gasteiger partial charge < -0.3 is 14.5 Å². The molecule has 0 fully saturated rings. The third-order valence-electron chi connectivity index (χ3n) is 7.43. The number of halogens is 1. The van der Waals surface area contributed by atoms with Gasteiger partial charge in [-0.25, -0.2) is 4.39 Å². The summed E-state index contributed by atoms with van der Waals surface area (Å²) in [6, 6.07) is 13.1.